The van der Waals surface area contributed by atoms with Crippen molar-refractivity contribution in [3.63, 3.8) is 0 Å². The van der Waals surface area contributed by atoms with Gasteiger partial charge in [-0.3, -0.25) is 0 Å². The van der Waals surface area contributed by atoms with Crippen LogP contribution in [0, 0.1) is 5.92 Å². The largest absolute Gasteiger partial charge is 0.479 e. The maximum atomic E-state index is 11.4. The fourth-order valence-corrected chi connectivity index (χ4v) is 2.93. The summed E-state index contributed by atoms with van der Waals surface area (Å²) in [5, 5.41) is 58.5. The summed E-state index contributed by atoms with van der Waals surface area (Å²) in [7, 11) is 1.13. The van der Waals surface area contributed by atoms with Gasteiger partial charge in [-0.15, -0.1) is 0 Å². The summed E-state index contributed by atoms with van der Waals surface area (Å²) in [6.07, 6.45) is -15.1. The molecular formula is C14H22O12. The monoisotopic (exact) mass is 382 g/mol. The number of hydrogen-bond acceptors (Lipinski definition) is 10. The van der Waals surface area contributed by atoms with Crippen molar-refractivity contribution in [3.05, 3.63) is 0 Å². The van der Waals surface area contributed by atoms with Gasteiger partial charge in [0, 0.05) is 13.0 Å². The predicted molar refractivity (Wildman–Crippen MR) is 77.7 cm³/mol. The van der Waals surface area contributed by atoms with Crippen LogP contribution in [-0.2, 0) is 28.5 Å². The lowest BCUT2D eigenvalue weighted by atomic mass is 9.90. The van der Waals surface area contributed by atoms with Crippen molar-refractivity contribution in [2.24, 2.45) is 5.92 Å². The minimum Gasteiger partial charge on any atom is -0.479 e. The van der Waals surface area contributed by atoms with Crippen LogP contribution in [0.25, 0.3) is 0 Å². The van der Waals surface area contributed by atoms with E-state index in [0.29, 0.717) is 0 Å². The van der Waals surface area contributed by atoms with Crippen LogP contribution in [0.1, 0.15) is 6.92 Å². The van der Waals surface area contributed by atoms with E-state index in [-0.39, 0.29) is 0 Å². The lowest BCUT2D eigenvalue weighted by Crippen LogP contribution is -2.64. The average molecular weight is 382 g/mol. The van der Waals surface area contributed by atoms with Crippen molar-refractivity contribution in [2.45, 2.75) is 62.2 Å². The van der Waals surface area contributed by atoms with Gasteiger partial charge in [-0.2, -0.15) is 0 Å². The van der Waals surface area contributed by atoms with E-state index >= 15 is 0 Å². The summed E-state index contributed by atoms with van der Waals surface area (Å²) in [6, 6.07) is 0. The summed E-state index contributed by atoms with van der Waals surface area (Å²) in [6.45, 7) is 1.34. The fraction of sp³-hybridized carbons (Fsp3) is 0.857. The topological polar surface area (TPSA) is 192 Å². The molecule has 2 saturated heterocycles. The Labute approximate surface area is 147 Å². The SMILES string of the molecule is COC1OC(C(=O)O)C(OC2OC(C(=O)O)C(C)C(O)C2O)C(O)C1O. The highest BCUT2D eigenvalue weighted by Gasteiger charge is 2.53. The van der Waals surface area contributed by atoms with E-state index in [1.54, 1.807) is 0 Å². The zero-order valence-corrected chi connectivity index (χ0v) is 13.9. The van der Waals surface area contributed by atoms with Crippen molar-refractivity contribution < 1.29 is 59.2 Å². The van der Waals surface area contributed by atoms with E-state index in [0.717, 1.165) is 7.11 Å². The Bertz CT molecular complexity index is 526. The van der Waals surface area contributed by atoms with Gasteiger partial charge in [-0.25, -0.2) is 9.59 Å². The number of hydrogen-bond donors (Lipinski definition) is 6. The first-order valence-corrected chi connectivity index (χ1v) is 7.77. The predicted octanol–water partition coefficient (Wildman–Crippen LogP) is -3.28. The molecule has 0 aromatic heterocycles. The third kappa shape index (κ3) is 3.82. The van der Waals surface area contributed by atoms with Crippen molar-refractivity contribution in [1.29, 1.82) is 0 Å². The van der Waals surface area contributed by atoms with Gasteiger partial charge < -0.3 is 49.6 Å². The summed E-state index contributed by atoms with van der Waals surface area (Å²) in [5.41, 5.74) is 0. The minimum absolute atomic E-state index is 0.978. The van der Waals surface area contributed by atoms with Crippen LogP contribution in [-0.4, -0.2) is 105 Å². The highest BCUT2D eigenvalue weighted by Crippen LogP contribution is 2.31. The van der Waals surface area contributed by atoms with Crippen molar-refractivity contribution >= 4 is 11.9 Å². The van der Waals surface area contributed by atoms with Gasteiger partial charge in [0.15, 0.2) is 24.8 Å². The van der Waals surface area contributed by atoms with Crippen LogP contribution in [0.5, 0.6) is 0 Å². The number of aliphatic carboxylic acids is 2. The first kappa shape index (κ1) is 20.9. The molecule has 2 aliphatic rings. The van der Waals surface area contributed by atoms with Crippen molar-refractivity contribution in [3.8, 4) is 0 Å². The molecule has 0 amide bonds. The number of aliphatic hydroxyl groups is 4. The average Bonchev–Trinajstić information content (AvgIpc) is 2.58. The van der Waals surface area contributed by atoms with E-state index in [4.69, 9.17) is 24.1 Å². The van der Waals surface area contributed by atoms with Gasteiger partial charge in [-0.05, 0) is 0 Å². The van der Waals surface area contributed by atoms with Crippen molar-refractivity contribution in [1.82, 2.24) is 0 Å². The smallest absolute Gasteiger partial charge is 0.335 e. The number of ether oxygens (including phenoxy) is 4. The van der Waals surface area contributed by atoms with Gasteiger partial charge >= 0.3 is 11.9 Å². The van der Waals surface area contributed by atoms with Crippen LogP contribution >= 0.6 is 0 Å². The quantitative estimate of drug-likeness (QED) is 0.278. The molecule has 2 aliphatic heterocycles. The Balaban J connectivity index is 2.22. The van der Waals surface area contributed by atoms with E-state index in [9.17, 15) is 35.1 Å². The summed E-state index contributed by atoms with van der Waals surface area (Å²) in [5.74, 6) is -3.96. The lowest BCUT2D eigenvalue weighted by Gasteiger charge is -2.44. The molecular weight excluding hydrogens is 360 g/mol. The van der Waals surface area contributed by atoms with Gasteiger partial charge in [0.25, 0.3) is 0 Å². The van der Waals surface area contributed by atoms with Crippen LogP contribution in [0.15, 0.2) is 0 Å². The molecule has 12 heteroatoms. The van der Waals surface area contributed by atoms with Crippen molar-refractivity contribution in [2.75, 3.05) is 7.11 Å². The Morgan fingerprint density at radius 2 is 1.31 bits per heavy atom. The van der Waals surface area contributed by atoms with Crippen LogP contribution in [0.2, 0.25) is 0 Å². The molecule has 10 unspecified atom stereocenters. The molecule has 2 fully saturated rings. The number of methoxy groups -OCH3 is 1. The molecule has 2 rings (SSSR count). The maximum absolute atomic E-state index is 11.4. The van der Waals surface area contributed by atoms with Gasteiger partial charge in [0.1, 0.15) is 24.4 Å². The number of rotatable bonds is 5. The van der Waals surface area contributed by atoms with E-state index < -0.39 is 73.2 Å². The molecule has 0 saturated carbocycles. The molecule has 0 radical (unpaired) electrons. The van der Waals surface area contributed by atoms with Crippen LogP contribution in [0.4, 0.5) is 0 Å². The second-order valence-corrected chi connectivity index (χ2v) is 6.18. The van der Waals surface area contributed by atoms with Crippen LogP contribution < -0.4 is 0 Å². The molecule has 150 valence electrons. The zero-order valence-electron chi connectivity index (χ0n) is 13.9. The maximum Gasteiger partial charge on any atom is 0.335 e. The Morgan fingerprint density at radius 1 is 0.808 bits per heavy atom. The van der Waals surface area contributed by atoms with Crippen LogP contribution in [0.3, 0.4) is 0 Å². The first-order chi connectivity index (χ1) is 12.1. The first-order valence-electron chi connectivity index (χ1n) is 7.77. The highest BCUT2D eigenvalue weighted by atomic mass is 16.7. The molecule has 6 N–H and O–H groups in total. The van der Waals surface area contributed by atoms with E-state index in [1.807, 2.05) is 0 Å². The highest BCUT2D eigenvalue weighted by molar-refractivity contribution is 5.73. The summed E-state index contributed by atoms with van der Waals surface area (Å²) < 4.78 is 20.1. The molecule has 0 spiro atoms. The molecule has 0 aromatic rings. The second-order valence-electron chi connectivity index (χ2n) is 6.18. The summed E-state index contributed by atoms with van der Waals surface area (Å²) in [4.78, 5) is 22.6. The van der Waals surface area contributed by atoms with Gasteiger partial charge in [0.05, 0.1) is 6.10 Å². The fourth-order valence-electron chi connectivity index (χ4n) is 2.93. The number of carboxylic acid groups (broad SMARTS) is 2. The second kappa shape index (κ2) is 8.10. The Hall–Kier alpha value is -1.38. The molecule has 12 nitrogen and oxygen atoms in total. The van der Waals surface area contributed by atoms with Gasteiger partial charge in [0.2, 0.25) is 0 Å². The summed E-state index contributed by atoms with van der Waals surface area (Å²) >= 11 is 0. The molecule has 2 heterocycles. The third-order valence-corrected chi connectivity index (χ3v) is 4.48. The standard InChI is InChI=1S/C14H22O12/c1-3-4(15)6(17)14(24-8(3)11(19)20)25-9-5(16)7(18)13(23-2)26-10(9)12(21)22/h3-10,13-18H,1-2H3,(H,19,20)(H,21,22). The number of carbonyl (C=O) groups is 2. The Morgan fingerprint density at radius 3 is 1.81 bits per heavy atom. The molecule has 10 atom stereocenters. The lowest BCUT2D eigenvalue weighted by molar-refractivity contribution is -0.344. The van der Waals surface area contributed by atoms with Gasteiger partial charge in [-0.1, -0.05) is 6.92 Å². The zero-order chi connectivity index (χ0) is 19.8. The Kier molecular flexibility index (Phi) is 6.52. The normalized spacial score (nSPS) is 46.7. The van der Waals surface area contributed by atoms with E-state index in [2.05, 4.69) is 0 Å². The van der Waals surface area contributed by atoms with E-state index in [1.165, 1.54) is 6.92 Å². The number of aliphatic hydroxyl groups excluding tert-OH is 4. The molecule has 0 aliphatic carbocycles. The minimum atomic E-state index is -1.81. The number of carboxylic acids is 2. The molecule has 26 heavy (non-hydrogen) atoms. The molecule has 0 bridgehead atoms. The third-order valence-electron chi connectivity index (χ3n) is 4.48. The molecule has 0 aromatic carbocycles.